The van der Waals surface area contributed by atoms with Crippen molar-refractivity contribution in [2.75, 3.05) is 105 Å². The van der Waals surface area contributed by atoms with Crippen LogP contribution in [0.2, 0.25) is 0 Å². The Kier molecular flexibility index (Phi) is 19.7. The molecule has 1 heterocycles. The van der Waals surface area contributed by atoms with Crippen molar-refractivity contribution in [3.8, 4) is 0 Å². The van der Waals surface area contributed by atoms with Crippen molar-refractivity contribution >= 4 is 23.9 Å². The predicted molar refractivity (Wildman–Crippen MR) is 152 cm³/mol. The van der Waals surface area contributed by atoms with Gasteiger partial charge in [-0.1, -0.05) is 0 Å². The summed E-state index contributed by atoms with van der Waals surface area (Å²) in [5, 5.41) is 87.2. The van der Waals surface area contributed by atoms with Crippen LogP contribution in [-0.4, -0.2) is 214 Å². The highest BCUT2D eigenvalue weighted by Gasteiger charge is 2.22. The molecule has 0 aliphatic carbocycles. The van der Waals surface area contributed by atoms with Gasteiger partial charge < -0.3 is 40.9 Å². The number of carboxylic acids is 4. The fourth-order valence-electron chi connectivity index (χ4n) is 4.37. The van der Waals surface area contributed by atoms with Gasteiger partial charge in [0.1, 0.15) is 24.9 Å². The number of hydrogen-bond acceptors (Lipinski definition) is 16. The Hall–Kier alpha value is -2.60. The number of nitrogens with one attached hydrogen (secondary N) is 4. The number of nitrogens with zero attached hydrogens (tertiary/aromatic N) is 4. The van der Waals surface area contributed by atoms with E-state index in [2.05, 4.69) is 21.3 Å². The molecule has 1 aliphatic rings. The fourth-order valence-corrected chi connectivity index (χ4v) is 4.37. The van der Waals surface area contributed by atoms with Crippen LogP contribution in [0.1, 0.15) is 0 Å². The van der Waals surface area contributed by atoms with Crippen LogP contribution in [-0.2, 0) is 19.2 Å². The summed E-state index contributed by atoms with van der Waals surface area (Å²) in [5.41, 5.74) is 0. The van der Waals surface area contributed by atoms with E-state index < -0.39 is 75.0 Å². The van der Waals surface area contributed by atoms with Gasteiger partial charge in [-0.05, 0) is 0 Å². The van der Waals surface area contributed by atoms with E-state index >= 15 is 0 Å². The summed E-state index contributed by atoms with van der Waals surface area (Å²) in [6, 6.07) is 0. The molecule has 0 radical (unpaired) electrons. The first kappa shape index (κ1) is 39.4. The van der Waals surface area contributed by atoms with Gasteiger partial charge in [-0.25, -0.2) is 0 Å². The molecule has 4 unspecified atom stereocenters. The zero-order valence-corrected chi connectivity index (χ0v) is 24.6. The monoisotopic (exact) mass is 640 g/mol. The molecule has 12 N–H and O–H groups in total. The zero-order valence-electron chi connectivity index (χ0n) is 24.6. The van der Waals surface area contributed by atoms with Crippen LogP contribution in [0.5, 0.6) is 0 Å². The van der Waals surface area contributed by atoms with Crippen LogP contribution < -0.4 is 21.3 Å². The normalized spacial score (nSPS) is 19.7. The molecule has 0 aromatic heterocycles. The summed E-state index contributed by atoms with van der Waals surface area (Å²) in [6.07, 6.45) is -4.72. The topological polar surface area (TPSA) is 291 Å². The molecule has 0 spiro atoms. The van der Waals surface area contributed by atoms with Gasteiger partial charge in [-0.3, -0.25) is 60.0 Å². The summed E-state index contributed by atoms with van der Waals surface area (Å²) < 4.78 is 0. The summed E-state index contributed by atoms with van der Waals surface area (Å²) in [5.74, 6) is -4.58. The molecule has 0 aromatic carbocycles. The number of aliphatic hydroxyl groups is 4. The Labute approximate surface area is 254 Å². The Morgan fingerprint density at radius 3 is 0.705 bits per heavy atom. The maximum absolute atomic E-state index is 10.9. The quantitative estimate of drug-likeness (QED) is 0.0550. The lowest BCUT2D eigenvalue weighted by molar-refractivity contribution is -0.137. The smallest absolute Gasteiger partial charge is 0.317 e. The van der Waals surface area contributed by atoms with Gasteiger partial charge in [0.15, 0.2) is 0 Å². The number of hydrogen-bond donors (Lipinski definition) is 12. The number of rotatable bonds is 20. The molecule has 1 fully saturated rings. The molecule has 1 saturated heterocycles. The van der Waals surface area contributed by atoms with Gasteiger partial charge in [-0.2, -0.15) is 0 Å². The summed E-state index contributed by atoms with van der Waals surface area (Å²) >= 11 is 0. The van der Waals surface area contributed by atoms with Gasteiger partial charge in [-0.15, -0.1) is 0 Å². The van der Waals surface area contributed by atoms with Crippen LogP contribution in [0, 0.1) is 0 Å². The third-order valence-corrected chi connectivity index (χ3v) is 6.61. The maximum Gasteiger partial charge on any atom is 0.317 e. The molecule has 1 aliphatic heterocycles. The standard InChI is InChI=1S/C24H48N8O12/c33-17(25-9-21(37)38)13-29-1-2-30(14-18(34)26-10-22(39)40)5-6-32(16-20(36)28-12-24(43)44)8-7-31(4-3-29)15-19(35)27-11-23(41)42/h17-20,25-28,33-36H,1-16H2,(H,37,38)(H,39,40)(H,41,42)(H,43,44). The van der Waals surface area contributed by atoms with Gasteiger partial charge in [0.05, 0.1) is 26.2 Å². The molecular weight excluding hydrogens is 592 g/mol. The van der Waals surface area contributed by atoms with Crippen molar-refractivity contribution in [2.24, 2.45) is 0 Å². The highest BCUT2D eigenvalue weighted by atomic mass is 16.4. The molecule has 256 valence electrons. The van der Waals surface area contributed by atoms with E-state index in [1.54, 1.807) is 0 Å². The summed E-state index contributed by atoms with van der Waals surface area (Å²) in [7, 11) is 0. The first-order valence-electron chi connectivity index (χ1n) is 14.2. The van der Waals surface area contributed by atoms with Crippen molar-refractivity contribution in [3.63, 3.8) is 0 Å². The number of aliphatic carboxylic acids is 4. The van der Waals surface area contributed by atoms with Gasteiger partial charge >= 0.3 is 23.9 Å². The number of β-amino-alcohol motifs (C(OH)–C–C–N with tert-alkyl or cyclic N) is 4. The van der Waals surface area contributed by atoms with Crippen molar-refractivity contribution in [1.82, 2.24) is 40.9 Å². The fraction of sp³-hybridized carbons (Fsp3) is 0.833. The Morgan fingerprint density at radius 1 is 0.409 bits per heavy atom. The van der Waals surface area contributed by atoms with Crippen LogP contribution in [0.4, 0.5) is 0 Å². The molecule has 0 saturated carbocycles. The van der Waals surface area contributed by atoms with E-state index in [0.717, 1.165) is 0 Å². The average molecular weight is 641 g/mol. The minimum absolute atomic E-state index is 0.0438. The van der Waals surface area contributed by atoms with Crippen molar-refractivity contribution < 1.29 is 60.0 Å². The second-order valence-electron chi connectivity index (χ2n) is 10.4. The SMILES string of the molecule is O=C(O)CNC(O)CN1CCN(CC(O)NCC(=O)O)CCN(CC(O)NCC(=O)O)CCN(CC(O)NCC(=O)O)CC1. The molecule has 0 bridgehead atoms. The molecule has 20 nitrogen and oxygen atoms in total. The Balaban J connectivity index is 3.10. The van der Waals surface area contributed by atoms with Gasteiger partial charge in [0, 0.05) is 78.5 Å². The highest BCUT2D eigenvalue weighted by molar-refractivity contribution is 5.69. The summed E-state index contributed by atoms with van der Waals surface area (Å²) in [6.45, 7) is 1.07. The lowest BCUT2D eigenvalue weighted by Crippen LogP contribution is -2.53. The molecule has 4 atom stereocenters. The van der Waals surface area contributed by atoms with E-state index in [-0.39, 0.29) is 26.2 Å². The lowest BCUT2D eigenvalue weighted by atomic mass is 10.3. The Morgan fingerprint density at radius 2 is 0.568 bits per heavy atom. The highest BCUT2D eigenvalue weighted by Crippen LogP contribution is 2.04. The molecule has 44 heavy (non-hydrogen) atoms. The number of carbonyl (C=O) groups is 4. The van der Waals surface area contributed by atoms with E-state index in [4.69, 9.17) is 20.4 Å². The second kappa shape index (κ2) is 22.0. The zero-order chi connectivity index (χ0) is 33.1. The third kappa shape index (κ3) is 20.4. The predicted octanol–water partition coefficient (Wildman–Crippen LogP) is -6.82. The minimum atomic E-state index is -1.18. The molecule has 1 rings (SSSR count). The van der Waals surface area contributed by atoms with Crippen molar-refractivity contribution in [3.05, 3.63) is 0 Å². The number of aliphatic hydroxyl groups excluding tert-OH is 4. The first-order valence-corrected chi connectivity index (χ1v) is 14.2. The average Bonchev–Trinajstić information content (AvgIpc) is 2.93. The van der Waals surface area contributed by atoms with Crippen LogP contribution >= 0.6 is 0 Å². The van der Waals surface area contributed by atoms with E-state index in [1.165, 1.54) is 0 Å². The third-order valence-electron chi connectivity index (χ3n) is 6.61. The number of carboxylic acid groups (broad SMARTS) is 4. The Bertz CT molecular complexity index is 723. The van der Waals surface area contributed by atoms with Gasteiger partial charge in [0.25, 0.3) is 0 Å². The lowest BCUT2D eigenvalue weighted by Gasteiger charge is -2.36. The van der Waals surface area contributed by atoms with E-state index in [9.17, 15) is 39.6 Å². The van der Waals surface area contributed by atoms with E-state index in [1.807, 2.05) is 19.6 Å². The van der Waals surface area contributed by atoms with Crippen molar-refractivity contribution in [1.29, 1.82) is 0 Å². The minimum Gasteiger partial charge on any atom is -0.480 e. The van der Waals surface area contributed by atoms with Crippen LogP contribution in [0.25, 0.3) is 0 Å². The van der Waals surface area contributed by atoms with Crippen LogP contribution in [0.3, 0.4) is 0 Å². The molecule has 0 amide bonds. The van der Waals surface area contributed by atoms with Crippen LogP contribution in [0.15, 0.2) is 0 Å². The second-order valence-corrected chi connectivity index (χ2v) is 10.4. The van der Waals surface area contributed by atoms with Crippen molar-refractivity contribution in [2.45, 2.75) is 24.9 Å². The van der Waals surface area contributed by atoms with E-state index in [0.29, 0.717) is 52.4 Å². The maximum atomic E-state index is 10.9. The molecular formula is C24H48N8O12. The first-order chi connectivity index (χ1) is 20.7. The molecule has 0 aromatic rings. The largest absolute Gasteiger partial charge is 0.480 e. The van der Waals surface area contributed by atoms with Gasteiger partial charge in [0.2, 0.25) is 0 Å². The summed E-state index contributed by atoms with van der Waals surface area (Å²) in [4.78, 5) is 51.1. The molecule has 20 heteroatoms.